The summed E-state index contributed by atoms with van der Waals surface area (Å²) in [6.45, 7) is 9.72. The van der Waals surface area contributed by atoms with Crippen molar-refractivity contribution in [2.75, 3.05) is 5.73 Å². The van der Waals surface area contributed by atoms with Crippen LogP contribution in [-0.4, -0.2) is 13.0 Å². The highest BCUT2D eigenvalue weighted by atomic mass is 32.2. The lowest BCUT2D eigenvalue weighted by atomic mass is 10.0. The average molecular weight is 375 g/mol. The standard InChI is InChI=1S/C19H25N3O3S/c1-11(2)6-15-7-14(5)17(10-19(15)26(23,24)25)21-22-18-9-13(4)12(3)8-16(18)20/h7-11H,6,20H2,1-5H3,(H,23,24,25). The minimum atomic E-state index is -4.35. The molecule has 0 spiro atoms. The molecule has 6 nitrogen and oxygen atoms in total. The first-order valence-electron chi connectivity index (χ1n) is 8.38. The first kappa shape index (κ1) is 20.1. The number of rotatable bonds is 5. The van der Waals surface area contributed by atoms with Crippen LogP contribution in [0, 0.1) is 26.7 Å². The zero-order valence-electron chi connectivity index (χ0n) is 15.7. The molecule has 0 saturated heterocycles. The molecule has 0 radical (unpaired) electrons. The highest BCUT2D eigenvalue weighted by Gasteiger charge is 2.18. The fourth-order valence-electron chi connectivity index (χ4n) is 2.70. The van der Waals surface area contributed by atoms with E-state index in [0.717, 1.165) is 16.7 Å². The molecule has 0 unspecified atom stereocenters. The van der Waals surface area contributed by atoms with Crippen molar-refractivity contribution in [2.24, 2.45) is 16.1 Å². The Labute approximate surface area is 154 Å². The van der Waals surface area contributed by atoms with E-state index in [1.54, 1.807) is 6.07 Å². The smallest absolute Gasteiger partial charge is 0.294 e. The monoisotopic (exact) mass is 375 g/mol. The lowest BCUT2D eigenvalue weighted by Crippen LogP contribution is -2.06. The maximum Gasteiger partial charge on any atom is 0.294 e. The average Bonchev–Trinajstić information content (AvgIpc) is 2.49. The van der Waals surface area contributed by atoms with Gasteiger partial charge in [0.25, 0.3) is 10.1 Å². The van der Waals surface area contributed by atoms with Gasteiger partial charge in [0.2, 0.25) is 0 Å². The van der Waals surface area contributed by atoms with Gasteiger partial charge in [-0.2, -0.15) is 13.5 Å². The second kappa shape index (κ2) is 7.55. The van der Waals surface area contributed by atoms with Crippen LogP contribution in [0.2, 0.25) is 0 Å². The first-order valence-corrected chi connectivity index (χ1v) is 9.82. The quantitative estimate of drug-likeness (QED) is 0.433. The molecule has 3 N–H and O–H groups in total. The van der Waals surface area contributed by atoms with Crippen molar-refractivity contribution in [3.63, 3.8) is 0 Å². The van der Waals surface area contributed by atoms with E-state index < -0.39 is 10.1 Å². The molecular formula is C19H25N3O3S. The molecular weight excluding hydrogens is 350 g/mol. The lowest BCUT2D eigenvalue weighted by molar-refractivity contribution is 0.481. The van der Waals surface area contributed by atoms with E-state index in [1.165, 1.54) is 6.07 Å². The second-order valence-corrected chi connectivity index (χ2v) is 8.40. The van der Waals surface area contributed by atoms with Crippen LogP contribution in [0.4, 0.5) is 17.1 Å². The summed E-state index contributed by atoms with van der Waals surface area (Å²) in [5.74, 6) is 0.248. The normalized spacial score (nSPS) is 12.3. The van der Waals surface area contributed by atoms with Crippen LogP contribution in [0.1, 0.15) is 36.1 Å². The SMILES string of the molecule is Cc1cc(N)c(N=Nc2cc(S(=O)(=O)O)c(CC(C)C)cc2C)cc1C. The molecule has 0 bridgehead atoms. The second-order valence-electron chi connectivity index (χ2n) is 7.01. The molecule has 26 heavy (non-hydrogen) atoms. The lowest BCUT2D eigenvalue weighted by Gasteiger charge is -2.12. The van der Waals surface area contributed by atoms with Gasteiger partial charge in [0.15, 0.2) is 0 Å². The van der Waals surface area contributed by atoms with E-state index in [2.05, 4.69) is 10.2 Å². The van der Waals surface area contributed by atoms with Crippen molar-refractivity contribution in [2.45, 2.75) is 45.9 Å². The Bertz CT molecular complexity index is 964. The van der Waals surface area contributed by atoms with Crippen LogP contribution in [0.3, 0.4) is 0 Å². The van der Waals surface area contributed by atoms with Gasteiger partial charge in [-0.25, -0.2) is 0 Å². The van der Waals surface area contributed by atoms with Crippen LogP contribution in [0.15, 0.2) is 39.4 Å². The Balaban J connectivity index is 2.52. The summed E-state index contributed by atoms with van der Waals surface area (Å²) in [4.78, 5) is -0.126. The summed E-state index contributed by atoms with van der Waals surface area (Å²) in [5, 5.41) is 8.35. The number of nitrogens with zero attached hydrogens (tertiary/aromatic N) is 2. The molecule has 0 aliphatic rings. The third-order valence-electron chi connectivity index (χ3n) is 4.19. The fourth-order valence-corrected chi connectivity index (χ4v) is 3.44. The van der Waals surface area contributed by atoms with Gasteiger partial charge in [-0.05, 0) is 73.6 Å². The largest absolute Gasteiger partial charge is 0.397 e. The maximum absolute atomic E-state index is 11.8. The Morgan fingerprint density at radius 1 is 0.962 bits per heavy atom. The molecule has 2 aromatic carbocycles. The summed E-state index contributed by atoms with van der Waals surface area (Å²) in [6, 6.07) is 6.76. The van der Waals surface area contributed by atoms with E-state index in [0.29, 0.717) is 29.0 Å². The van der Waals surface area contributed by atoms with Crippen molar-refractivity contribution in [1.29, 1.82) is 0 Å². The molecule has 0 aliphatic heterocycles. The number of nitrogen functional groups attached to an aromatic ring is 1. The van der Waals surface area contributed by atoms with Crippen LogP contribution >= 0.6 is 0 Å². The molecule has 0 heterocycles. The Morgan fingerprint density at radius 3 is 2.12 bits per heavy atom. The topological polar surface area (TPSA) is 105 Å². The molecule has 0 saturated carbocycles. The minimum absolute atomic E-state index is 0.126. The highest BCUT2D eigenvalue weighted by molar-refractivity contribution is 7.85. The number of hydrogen-bond acceptors (Lipinski definition) is 5. The first-order chi connectivity index (χ1) is 12.0. The molecule has 140 valence electrons. The van der Waals surface area contributed by atoms with Crippen molar-refractivity contribution < 1.29 is 13.0 Å². The summed E-state index contributed by atoms with van der Waals surface area (Å²) in [5.41, 5.74) is 10.8. The molecule has 0 aromatic heterocycles. The maximum atomic E-state index is 11.8. The summed E-state index contributed by atoms with van der Waals surface area (Å²) >= 11 is 0. The van der Waals surface area contributed by atoms with Gasteiger partial charge in [-0.3, -0.25) is 4.55 Å². The molecule has 0 aliphatic carbocycles. The molecule has 0 fully saturated rings. The molecule has 2 rings (SSSR count). The molecule has 2 aromatic rings. The van der Waals surface area contributed by atoms with Crippen LogP contribution in [-0.2, 0) is 16.5 Å². The van der Waals surface area contributed by atoms with Crippen LogP contribution < -0.4 is 5.73 Å². The van der Waals surface area contributed by atoms with Crippen molar-refractivity contribution in [3.8, 4) is 0 Å². The highest BCUT2D eigenvalue weighted by Crippen LogP contribution is 2.32. The summed E-state index contributed by atoms with van der Waals surface area (Å²) in [7, 11) is -4.35. The van der Waals surface area contributed by atoms with Gasteiger partial charge in [-0.1, -0.05) is 19.9 Å². The van der Waals surface area contributed by atoms with Gasteiger partial charge >= 0.3 is 0 Å². The third kappa shape index (κ3) is 4.68. The summed E-state index contributed by atoms with van der Waals surface area (Å²) < 4.78 is 33.1. The number of nitrogens with two attached hydrogens (primary N) is 1. The molecule has 0 atom stereocenters. The van der Waals surface area contributed by atoms with E-state index in [1.807, 2.05) is 46.8 Å². The minimum Gasteiger partial charge on any atom is -0.397 e. The van der Waals surface area contributed by atoms with E-state index >= 15 is 0 Å². The zero-order chi connectivity index (χ0) is 19.6. The van der Waals surface area contributed by atoms with Gasteiger partial charge in [-0.15, -0.1) is 5.11 Å². The van der Waals surface area contributed by atoms with Gasteiger partial charge < -0.3 is 5.73 Å². The predicted octanol–water partition coefficient (Wildman–Crippen LogP) is 5.05. The summed E-state index contributed by atoms with van der Waals surface area (Å²) in [6.07, 6.45) is 0.539. The zero-order valence-corrected chi connectivity index (χ0v) is 16.6. The third-order valence-corrected chi connectivity index (χ3v) is 5.13. The van der Waals surface area contributed by atoms with Gasteiger partial charge in [0.1, 0.15) is 5.69 Å². The molecule has 7 heteroatoms. The van der Waals surface area contributed by atoms with E-state index in [-0.39, 0.29) is 10.8 Å². The van der Waals surface area contributed by atoms with Gasteiger partial charge in [0.05, 0.1) is 16.3 Å². The van der Waals surface area contributed by atoms with E-state index in [9.17, 15) is 13.0 Å². The Hall–Kier alpha value is -2.25. The fraction of sp³-hybridized carbons (Fsp3) is 0.368. The number of aryl methyl sites for hydroxylation is 3. The van der Waals surface area contributed by atoms with Crippen molar-refractivity contribution >= 4 is 27.2 Å². The Morgan fingerprint density at radius 2 is 1.54 bits per heavy atom. The van der Waals surface area contributed by atoms with Crippen molar-refractivity contribution in [3.05, 3.63) is 46.5 Å². The van der Waals surface area contributed by atoms with Crippen LogP contribution in [0.25, 0.3) is 0 Å². The number of azo groups is 1. The number of anilines is 1. The van der Waals surface area contributed by atoms with Gasteiger partial charge in [0, 0.05) is 0 Å². The number of benzene rings is 2. The van der Waals surface area contributed by atoms with Crippen molar-refractivity contribution in [1.82, 2.24) is 0 Å². The van der Waals surface area contributed by atoms with E-state index in [4.69, 9.17) is 5.73 Å². The Kier molecular flexibility index (Phi) is 5.83. The predicted molar refractivity (Wildman–Crippen MR) is 104 cm³/mol. The number of hydrogen-bond donors (Lipinski definition) is 2. The molecule has 0 amide bonds. The van der Waals surface area contributed by atoms with Crippen LogP contribution in [0.5, 0.6) is 0 Å².